The number of rotatable bonds is 2. The molecule has 0 saturated carbocycles. The van der Waals surface area contributed by atoms with Crippen molar-refractivity contribution in [1.82, 2.24) is 19.5 Å². The van der Waals surface area contributed by atoms with Gasteiger partial charge in [-0.25, -0.2) is 9.97 Å². The van der Waals surface area contributed by atoms with Crippen LogP contribution in [0.4, 0.5) is 0 Å². The summed E-state index contributed by atoms with van der Waals surface area (Å²) in [4.78, 5) is 13.2. The van der Waals surface area contributed by atoms with Crippen molar-refractivity contribution in [3.05, 3.63) is 60.8 Å². The second-order valence-corrected chi connectivity index (χ2v) is 4.98. The minimum absolute atomic E-state index is 0.331. The van der Waals surface area contributed by atoms with Crippen molar-refractivity contribution in [2.75, 3.05) is 0 Å². The van der Waals surface area contributed by atoms with Crippen molar-refractivity contribution in [3.8, 4) is 5.69 Å². The van der Waals surface area contributed by atoms with E-state index in [2.05, 4.69) is 15.0 Å². The molecule has 0 spiro atoms. The molecule has 0 unspecified atom stereocenters. The van der Waals surface area contributed by atoms with Crippen LogP contribution in [0.1, 0.15) is 5.82 Å². The molecule has 4 nitrogen and oxygen atoms in total. The maximum Gasteiger partial charge on any atom is 0.164 e. The zero-order chi connectivity index (χ0) is 14.2. The maximum atomic E-state index is 6.08. The highest BCUT2D eigenvalue weighted by Crippen LogP contribution is 2.26. The van der Waals surface area contributed by atoms with E-state index in [0.717, 1.165) is 33.4 Å². The van der Waals surface area contributed by atoms with Gasteiger partial charge in [-0.2, -0.15) is 0 Å². The summed E-state index contributed by atoms with van der Waals surface area (Å²) in [5.41, 5.74) is 2.68. The van der Waals surface area contributed by atoms with Crippen molar-refractivity contribution < 1.29 is 0 Å². The van der Waals surface area contributed by atoms with Crippen molar-refractivity contribution in [2.45, 2.75) is 5.88 Å². The third-order valence-electron chi connectivity index (χ3n) is 3.50. The van der Waals surface area contributed by atoms with E-state index in [-0.39, 0.29) is 0 Å². The van der Waals surface area contributed by atoms with Crippen molar-refractivity contribution in [2.24, 2.45) is 0 Å². The molecule has 0 aliphatic rings. The van der Waals surface area contributed by atoms with Gasteiger partial charge >= 0.3 is 0 Å². The number of fused-ring (bicyclic) bond motifs is 2. The Morgan fingerprint density at radius 1 is 1.05 bits per heavy atom. The molecule has 1 aromatic carbocycles. The highest BCUT2D eigenvalue weighted by Gasteiger charge is 2.14. The number of hydrogen-bond donors (Lipinski definition) is 0. The summed E-state index contributed by atoms with van der Waals surface area (Å²) in [6.45, 7) is 0. The lowest BCUT2D eigenvalue weighted by molar-refractivity contribution is 0.976. The van der Waals surface area contributed by atoms with E-state index in [1.807, 2.05) is 47.2 Å². The van der Waals surface area contributed by atoms with Gasteiger partial charge in [0.25, 0.3) is 0 Å². The first kappa shape index (κ1) is 12.3. The Morgan fingerprint density at radius 3 is 2.90 bits per heavy atom. The fourth-order valence-electron chi connectivity index (χ4n) is 2.60. The van der Waals surface area contributed by atoms with Gasteiger partial charge in [0.15, 0.2) is 5.65 Å². The number of aromatic nitrogens is 4. The van der Waals surface area contributed by atoms with Crippen LogP contribution in [0.3, 0.4) is 0 Å². The summed E-state index contributed by atoms with van der Waals surface area (Å²) in [5.74, 6) is 1.12. The predicted octanol–water partition coefficient (Wildman–Crippen LogP) is 3.71. The topological polar surface area (TPSA) is 43.6 Å². The Balaban J connectivity index is 2.13. The van der Waals surface area contributed by atoms with Gasteiger partial charge in [-0.15, -0.1) is 11.6 Å². The van der Waals surface area contributed by atoms with Crippen LogP contribution in [0.5, 0.6) is 0 Å². The molecule has 0 aliphatic heterocycles. The molecule has 0 fully saturated rings. The number of benzene rings is 1. The lowest BCUT2D eigenvalue weighted by Crippen LogP contribution is -2.01. The van der Waals surface area contributed by atoms with Crippen LogP contribution < -0.4 is 0 Å². The van der Waals surface area contributed by atoms with Crippen molar-refractivity contribution >= 4 is 33.5 Å². The van der Waals surface area contributed by atoms with Crippen LogP contribution in [0, 0.1) is 0 Å². The van der Waals surface area contributed by atoms with Gasteiger partial charge in [0.05, 0.1) is 11.6 Å². The van der Waals surface area contributed by atoms with E-state index in [1.165, 1.54) is 0 Å². The molecule has 5 heteroatoms. The maximum absolute atomic E-state index is 6.08. The Labute approximate surface area is 126 Å². The molecule has 3 heterocycles. The molecule has 21 heavy (non-hydrogen) atoms. The van der Waals surface area contributed by atoms with Gasteiger partial charge in [0.1, 0.15) is 11.3 Å². The van der Waals surface area contributed by atoms with E-state index >= 15 is 0 Å². The standard InChI is InChI=1S/C16H11ClN4/c17-9-15-20-13-4-2-7-19-16(13)21(15)14-5-1-3-11-10-18-8-6-12(11)14/h1-8,10H,9H2. The van der Waals surface area contributed by atoms with Crippen molar-refractivity contribution in [1.29, 1.82) is 0 Å². The summed E-state index contributed by atoms with van der Waals surface area (Å²) >= 11 is 6.08. The third-order valence-corrected chi connectivity index (χ3v) is 3.74. The SMILES string of the molecule is ClCc1nc2cccnc2n1-c1cccc2cnccc12. The van der Waals surface area contributed by atoms with Crippen LogP contribution in [-0.4, -0.2) is 19.5 Å². The van der Waals surface area contributed by atoms with E-state index in [4.69, 9.17) is 11.6 Å². The monoisotopic (exact) mass is 294 g/mol. The van der Waals surface area contributed by atoms with E-state index in [0.29, 0.717) is 5.88 Å². The average Bonchev–Trinajstić information content (AvgIpc) is 2.92. The molecular formula is C16H11ClN4. The molecule has 0 aliphatic carbocycles. The lowest BCUT2D eigenvalue weighted by Gasteiger charge is -2.10. The fourth-order valence-corrected chi connectivity index (χ4v) is 2.78. The first-order valence-corrected chi connectivity index (χ1v) is 7.13. The summed E-state index contributed by atoms with van der Waals surface area (Å²) in [6, 6.07) is 11.9. The van der Waals surface area contributed by atoms with Crippen LogP contribution in [-0.2, 0) is 5.88 Å². The Kier molecular flexibility index (Phi) is 2.82. The molecule has 4 rings (SSSR count). The second-order valence-electron chi connectivity index (χ2n) is 4.72. The smallest absolute Gasteiger partial charge is 0.164 e. The minimum atomic E-state index is 0.331. The quantitative estimate of drug-likeness (QED) is 0.529. The first-order chi connectivity index (χ1) is 10.4. The van der Waals surface area contributed by atoms with Gasteiger partial charge in [-0.05, 0) is 24.3 Å². The number of hydrogen-bond acceptors (Lipinski definition) is 3. The molecule has 0 atom stereocenters. The Bertz CT molecular complexity index is 940. The minimum Gasteiger partial charge on any atom is -0.279 e. The van der Waals surface area contributed by atoms with E-state index in [9.17, 15) is 0 Å². The molecular weight excluding hydrogens is 284 g/mol. The Morgan fingerprint density at radius 2 is 2.00 bits per heavy atom. The van der Waals surface area contributed by atoms with E-state index in [1.54, 1.807) is 12.4 Å². The number of nitrogens with zero attached hydrogens (tertiary/aromatic N) is 4. The molecule has 0 bridgehead atoms. The zero-order valence-corrected chi connectivity index (χ0v) is 11.8. The molecule has 0 saturated heterocycles. The molecule has 4 aromatic rings. The predicted molar refractivity (Wildman–Crippen MR) is 83.7 cm³/mol. The number of imidazole rings is 1. The zero-order valence-electron chi connectivity index (χ0n) is 11.1. The van der Waals surface area contributed by atoms with Crippen LogP contribution in [0.2, 0.25) is 0 Å². The number of halogens is 1. The molecule has 3 aromatic heterocycles. The van der Waals surface area contributed by atoms with Crippen LogP contribution >= 0.6 is 11.6 Å². The number of pyridine rings is 2. The summed E-state index contributed by atoms with van der Waals surface area (Å²) in [5, 5.41) is 2.18. The van der Waals surface area contributed by atoms with Crippen LogP contribution in [0.25, 0.3) is 27.6 Å². The summed E-state index contributed by atoms with van der Waals surface area (Å²) < 4.78 is 2.02. The van der Waals surface area contributed by atoms with Gasteiger partial charge in [-0.1, -0.05) is 12.1 Å². The summed E-state index contributed by atoms with van der Waals surface area (Å²) in [6.07, 6.45) is 5.41. The summed E-state index contributed by atoms with van der Waals surface area (Å²) in [7, 11) is 0. The largest absolute Gasteiger partial charge is 0.279 e. The van der Waals surface area contributed by atoms with E-state index < -0.39 is 0 Å². The Hall–Kier alpha value is -2.46. The molecule has 0 N–H and O–H groups in total. The fraction of sp³-hybridized carbons (Fsp3) is 0.0625. The average molecular weight is 295 g/mol. The lowest BCUT2D eigenvalue weighted by atomic mass is 10.1. The molecule has 0 radical (unpaired) electrons. The third kappa shape index (κ3) is 1.87. The number of alkyl halides is 1. The van der Waals surface area contributed by atoms with Gasteiger partial charge < -0.3 is 0 Å². The molecule has 102 valence electrons. The normalized spacial score (nSPS) is 11.3. The van der Waals surface area contributed by atoms with Crippen molar-refractivity contribution in [3.63, 3.8) is 0 Å². The van der Waals surface area contributed by atoms with Gasteiger partial charge in [-0.3, -0.25) is 9.55 Å². The molecule has 0 amide bonds. The first-order valence-electron chi connectivity index (χ1n) is 6.60. The van der Waals surface area contributed by atoms with Gasteiger partial charge in [0.2, 0.25) is 0 Å². The van der Waals surface area contributed by atoms with Gasteiger partial charge in [0, 0.05) is 29.4 Å². The highest BCUT2D eigenvalue weighted by molar-refractivity contribution is 6.17. The highest BCUT2D eigenvalue weighted by atomic mass is 35.5. The second kappa shape index (κ2) is 4.82. The van der Waals surface area contributed by atoms with Crippen LogP contribution in [0.15, 0.2) is 55.0 Å².